The Kier molecular flexibility index (Phi) is 10.2. The highest BCUT2D eigenvalue weighted by atomic mass is 19.1. The number of benzene rings is 2. The van der Waals surface area contributed by atoms with E-state index in [0.717, 1.165) is 36.5 Å². The Morgan fingerprint density at radius 3 is 2.14 bits per heavy atom. The fraction of sp³-hybridized carbons (Fsp3) is 0.517. The molecule has 1 fully saturated rings. The molecule has 0 aromatic heterocycles. The number of carbonyl (C=O) groups excluding carboxylic acids is 1. The lowest BCUT2D eigenvalue weighted by molar-refractivity contribution is 0.0729. The Bertz CT molecular complexity index is 1020. The molecule has 0 aliphatic heterocycles. The molecule has 35 heavy (non-hydrogen) atoms. The maximum atomic E-state index is 14.6. The molecule has 1 saturated carbocycles. The molecule has 1 aliphatic rings. The van der Waals surface area contributed by atoms with Crippen molar-refractivity contribution in [2.24, 2.45) is 11.8 Å². The second-order valence-corrected chi connectivity index (χ2v) is 9.71. The van der Waals surface area contributed by atoms with Gasteiger partial charge in [-0.05, 0) is 42.4 Å². The first-order valence-electron chi connectivity index (χ1n) is 12.8. The highest BCUT2D eigenvalue weighted by molar-refractivity contribution is 5.91. The molecule has 2 aromatic carbocycles. The van der Waals surface area contributed by atoms with Crippen LogP contribution in [0.5, 0.6) is 5.75 Å². The van der Waals surface area contributed by atoms with Crippen molar-refractivity contribution in [2.75, 3.05) is 0 Å². The van der Waals surface area contributed by atoms with E-state index in [1.54, 1.807) is 6.07 Å². The second-order valence-electron chi connectivity index (χ2n) is 9.71. The highest BCUT2D eigenvalue weighted by Crippen LogP contribution is 2.34. The van der Waals surface area contributed by atoms with E-state index in [9.17, 15) is 18.0 Å². The first-order chi connectivity index (χ1) is 16.9. The number of nitrogens with zero attached hydrogens (tertiary/aromatic N) is 1. The lowest BCUT2D eigenvalue weighted by Crippen LogP contribution is -2.15. The number of hydrogen-bond acceptors (Lipinski definition) is 3. The van der Waals surface area contributed by atoms with Crippen LogP contribution in [0.3, 0.4) is 0 Å². The Balaban J connectivity index is 1.46. The number of halogens is 3. The predicted molar refractivity (Wildman–Crippen MR) is 130 cm³/mol. The molecule has 6 heteroatoms. The van der Waals surface area contributed by atoms with Crippen LogP contribution in [0, 0.1) is 40.6 Å². The molecule has 0 atom stereocenters. The van der Waals surface area contributed by atoms with Crippen molar-refractivity contribution in [3.05, 3.63) is 64.5 Å². The summed E-state index contributed by atoms with van der Waals surface area (Å²) in [6, 6.07) is 7.22. The zero-order valence-corrected chi connectivity index (χ0v) is 20.4. The lowest BCUT2D eigenvalue weighted by atomic mass is 9.77. The molecule has 0 unspecified atom stereocenters. The molecule has 0 N–H and O–H groups in total. The number of carbonyl (C=O) groups is 1. The van der Waals surface area contributed by atoms with Gasteiger partial charge >= 0.3 is 5.97 Å². The van der Waals surface area contributed by atoms with E-state index < -0.39 is 34.7 Å². The van der Waals surface area contributed by atoms with Crippen molar-refractivity contribution < 1.29 is 22.7 Å². The van der Waals surface area contributed by atoms with Crippen molar-refractivity contribution in [3.63, 3.8) is 0 Å². The van der Waals surface area contributed by atoms with Crippen LogP contribution in [0.2, 0.25) is 0 Å². The smallest absolute Gasteiger partial charge is 0.346 e. The largest absolute Gasteiger partial charge is 0.423 e. The zero-order chi connectivity index (χ0) is 25.2. The Labute approximate surface area is 206 Å². The third kappa shape index (κ3) is 7.85. The third-order valence-corrected chi connectivity index (χ3v) is 7.11. The van der Waals surface area contributed by atoms with Gasteiger partial charge in [0, 0.05) is 12.1 Å². The minimum atomic E-state index is -1.15. The summed E-state index contributed by atoms with van der Waals surface area (Å²) in [6.45, 7) is 2.24. The molecule has 3 nitrogen and oxygen atoms in total. The van der Waals surface area contributed by atoms with Crippen LogP contribution in [-0.4, -0.2) is 5.97 Å². The van der Waals surface area contributed by atoms with Gasteiger partial charge in [0.1, 0.15) is 34.8 Å². The summed E-state index contributed by atoms with van der Waals surface area (Å²) in [5, 5.41) is 8.72. The van der Waals surface area contributed by atoms with Crippen LogP contribution < -0.4 is 4.74 Å². The molecule has 188 valence electrons. The molecule has 0 saturated heterocycles. The average molecular weight is 486 g/mol. The summed E-state index contributed by atoms with van der Waals surface area (Å²) in [6.07, 6.45) is 14.8. The van der Waals surface area contributed by atoms with E-state index in [1.165, 1.54) is 82.4 Å². The summed E-state index contributed by atoms with van der Waals surface area (Å²) in [5.74, 6) is -2.99. The maximum absolute atomic E-state index is 14.6. The molecule has 0 bridgehead atoms. The number of unbranched alkanes of at least 4 members (excludes halogenated alkanes) is 4. The van der Waals surface area contributed by atoms with Gasteiger partial charge < -0.3 is 4.74 Å². The highest BCUT2D eigenvalue weighted by Gasteiger charge is 2.22. The summed E-state index contributed by atoms with van der Waals surface area (Å²) in [7, 11) is 0. The van der Waals surface area contributed by atoms with Gasteiger partial charge in [-0.3, -0.25) is 0 Å². The topological polar surface area (TPSA) is 50.1 Å². The number of hydrogen-bond donors (Lipinski definition) is 0. The van der Waals surface area contributed by atoms with E-state index in [-0.39, 0.29) is 5.56 Å². The van der Waals surface area contributed by atoms with Gasteiger partial charge in [-0.1, -0.05) is 77.2 Å². The summed E-state index contributed by atoms with van der Waals surface area (Å²) < 4.78 is 47.0. The standard InChI is InChI=1S/C29H34F3NO2/c1-2-3-4-5-6-7-20-8-10-21(11-9-20)12-13-22-14-15-24(26(30)16-22)29(34)35-23-17-27(31)25(19-33)28(32)18-23/h14-18,20-21H,2-13H2,1H3. The summed E-state index contributed by atoms with van der Waals surface area (Å²) >= 11 is 0. The molecule has 0 amide bonds. The van der Waals surface area contributed by atoms with Crippen molar-refractivity contribution >= 4 is 5.97 Å². The fourth-order valence-electron chi connectivity index (χ4n) is 4.97. The van der Waals surface area contributed by atoms with Crippen LogP contribution in [-0.2, 0) is 6.42 Å². The van der Waals surface area contributed by atoms with E-state index in [1.807, 2.05) is 0 Å². The van der Waals surface area contributed by atoms with Gasteiger partial charge in [0.2, 0.25) is 0 Å². The first kappa shape index (κ1) is 26.8. The Hall–Kier alpha value is -2.81. The number of aryl methyl sites for hydroxylation is 1. The number of nitriles is 1. The normalized spacial score (nSPS) is 17.7. The number of rotatable bonds is 11. The third-order valence-electron chi connectivity index (χ3n) is 7.11. The van der Waals surface area contributed by atoms with Gasteiger partial charge in [0.15, 0.2) is 0 Å². The van der Waals surface area contributed by atoms with Gasteiger partial charge in [0.25, 0.3) is 0 Å². The molecule has 1 aliphatic carbocycles. The SMILES string of the molecule is CCCCCCCC1CCC(CCc2ccc(C(=O)Oc3cc(F)c(C#N)c(F)c3)c(F)c2)CC1. The number of ether oxygens (including phenoxy) is 1. The minimum Gasteiger partial charge on any atom is -0.423 e. The van der Waals surface area contributed by atoms with E-state index >= 15 is 0 Å². The monoisotopic (exact) mass is 485 g/mol. The van der Waals surface area contributed by atoms with Crippen molar-refractivity contribution in [1.82, 2.24) is 0 Å². The second kappa shape index (κ2) is 13.3. The van der Waals surface area contributed by atoms with Crippen LogP contribution in [0.4, 0.5) is 13.2 Å². The fourth-order valence-corrected chi connectivity index (χ4v) is 4.97. The van der Waals surface area contributed by atoms with Crippen molar-refractivity contribution in [2.45, 2.75) is 84.0 Å². The molecule has 0 heterocycles. The van der Waals surface area contributed by atoms with Gasteiger partial charge in [-0.15, -0.1) is 0 Å². The van der Waals surface area contributed by atoms with Crippen LogP contribution in [0.25, 0.3) is 0 Å². The molecular weight excluding hydrogens is 451 g/mol. The lowest BCUT2D eigenvalue weighted by Gasteiger charge is -2.28. The van der Waals surface area contributed by atoms with E-state index in [0.29, 0.717) is 5.92 Å². The minimum absolute atomic E-state index is 0.307. The van der Waals surface area contributed by atoms with Crippen molar-refractivity contribution in [1.29, 1.82) is 5.26 Å². The Morgan fingerprint density at radius 2 is 1.54 bits per heavy atom. The molecule has 2 aromatic rings. The number of esters is 1. The van der Waals surface area contributed by atoms with Crippen LogP contribution >= 0.6 is 0 Å². The summed E-state index contributed by atoms with van der Waals surface area (Å²) in [5.41, 5.74) is -0.262. The van der Waals surface area contributed by atoms with Crippen LogP contribution in [0.15, 0.2) is 30.3 Å². The molecule has 0 radical (unpaired) electrons. The quantitative estimate of drug-likeness (QED) is 0.183. The zero-order valence-electron chi connectivity index (χ0n) is 20.4. The van der Waals surface area contributed by atoms with Gasteiger partial charge in [-0.2, -0.15) is 5.26 Å². The van der Waals surface area contributed by atoms with Gasteiger partial charge in [0.05, 0.1) is 5.56 Å². The predicted octanol–water partition coefficient (Wildman–Crippen LogP) is 8.29. The molecule has 3 rings (SSSR count). The van der Waals surface area contributed by atoms with E-state index in [2.05, 4.69) is 6.92 Å². The molecule has 0 spiro atoms. The van der Waals surface area contributed by atoms with Crippen molar-refractivity contribution in [3.8, 4) is 11.8 Å². The van der Waals surface area contributed by atoms with E-state index in [4.69, 9.17) is 10.00 Å². The Morgan fingerprint density at radius 1 is 0.914 bits per heavy atom. The molecular formula is C29H34F3NO2. The maximum Gasteiger partial charge on any atom is 0.346 e. The van der Waals surface area contributed by atoms with Gasteiger partial charge in [-0.25, -0.2) is 18.0 Å². The summed E-state index contributed by atoms with van der Waals surface area (Å²) in [4.78, 5) is 12.3. The average Bonchev–Trinajstić information content (AvgIpc) is 2.83. The first-order valence-corrected chi connectivity index (χ1v) is 12.8. The van der Waals surface area contributed by atoms with Crippen LogP contribution in [0.1, 0.15) is 99.0 Å².